The summed E-state index contributed by atoms with van der Waals surface area (Å²) in [6, 6.07) is 26.7. The predicted octanol–water partition coefficient (Wildman–Crippen LogP) is 3.77. The lowest BCUT2D eigenvalue weighted by molar-refractivity contribution is 0.0734. The fourth-order valence-electron chi connectivity index (χ4n) is 3.44. The van der Waals surface area contributed by atoms with Crippen molar-refractivity contribution in [3.8, 4) is 17.1 Å². The molecule has 1 amide bonds. The van der Waals surface area contributed by atoms with E-state index in [1.165, 1.54) is 17.2 Å². The first-order chi connectivity index (χ1) is 18.6. The molecule has 5 rings (SSSR count). The molecule has 0 radical (unpaired) electrons. The van der Waals surface area contributed by atoms with Gasteiger partial charge in [0.05, 0.1) is 18.3 Å². The van der Waals surface area contributed by atoms with Crippen molar-refractivity contribution in [2.45, 2.75) is 6.54 Å². The van der Waals surface area contributed by atoms with Crippen molar-refractivity contribution in [1.29, 1.82) is 0 Å². The van der Waals surface area contributed by atoms with Crippen LogP contribution >= 0.6 is 0 Å². The monoisotopic (exact) mass is 503 g/mol. The van der Waals surface area contributed by atoms with Gasteiger partial charge in [-0.15, -0.1) is 10.2 Å². The summed E-state index contributed by atoms with van der Waals surface area (Å²) in [5.41, 5.74) is 5.86. The molecule has 0 aliphatic rings. The Morgan fingerprint density at radius 2 is 1.68 bits per heavy atom. The van der Waals surface area contributed by atoms with Crippen LogP contribution in [0.1, 0.15) is 31.8 Å². The van der Waals surface area contributed by atoms with Gasteiger partial charge in [0.15, 0.2) is 0 Å². The fraction of sp³-hybridized carbons (Fsp3) is 0.0357. The van der Waals surface area contributed by atoms with Crippen molar-refractivity contribution < 1.29 is 14.3 Å². The summed E-state index contributed by atoms with van der Waals surface area (Å²) in [5, 5.41) is 16.6. The average molecular weight is 504 g/mol. The van der Waals surface area contributed by atoms with E-state index in [2.05, 4.69) is 30.9 Å². The van der Waals surface area contributed by atoms with E-state index in [1.807, 2.05) is 42.5 Å². The molecule has 186 valence electrons. The van der Waals surface area contributed by atoms with Crippen LogP contribution in [0.4, 0.5) is 0 Å². The Balaban J connectivity index is 1.12. The number of ether oxygens (including phenoxy) is 1. The SMILES string of the molecule is O=C(N/N=C\c1ccc(OC(=O)c2cccnc2)cc1)c1ccc(Cn2nnc(-c3ccccc3)n2)cc1. The van der Waals surface area contributed by atoms with Crippen molar-refractivity contribution >= 4 is 18.1 Å². The number of benzene rings is 3. The Labute approximate surface area is 217 Å². The number of nitrogens with one attached hydrogen (secondary N) is 1. The molecule has 2 heterocycles. The first-order valence-corrected chi connectivity index (χ1v) is 11.6. The zero-order valence-electron chi connectivity index (χ0n) is 20.0. The number of nitrogens with zero attached hydrogens (tertiary/aromatic N) is 6. The van der Waals surface area contributed by atoms with E-state index >= 15 is 0 Å². The number of rotatable bonds is 8. The molecule has 10 nitrogen and oxygen atoms in total. The molecule has 0 fully saturated rings. The first kappa shape index (κ1) is 24.2. The molecule has 38 heavy (non-hydrogen) atoms. The van der Waals surface area contributed by atoms with Crippen LogP contribution in [0.15, 0.2) is 108 Å². The van der Waals surface area contributed by atoms with E-state index in [4.69, 9.17) is 4.74 Å². The molecular formula is C28H21N7O3. The number of hydrogen-bond donors (Lipinski definition) is 1. The van der Waals surface area contributed by atoms with Gasteiger partial charge < -0.3 is 4.74 Å². The Bertz CT molecular complexity index is 1550. The lowest BCUT2D eigenvalue weighted by Crippen LogP contribution is -2.17. The third kappa shape index (κ3) is 6.18. The summed E-state index contributed by atoms with van der Waals surface area (Å²) < 4.78 is 5.32. The van der Waals surface area contributed by atoms with Crippen LogP contribution in [0.5, 0.6) is 5.75 Å². The number of hydrogen-bond acceptors (Lipinski definition) is 8. The van der Waals surface area contributed by atoms with Crippen molar-refractivity contribution in [2.24, 2.45) is 5.10 Å². The van der Waals surface area contributed by atoms with Gasteiger partial charge in [-0.25, -0.2) is 10.2 Å². The summed E-state index contributed by atoms with van der Waals surface area (Å²) in [7, 11) is 0. The number of hydrazone groups is 1. The van der Waals surface area contributed by atoms with E-state index in [9.17, 15) is 9.59 Å². The third-order valence-electron chi connectivity index (χ3n) is 5.39. The highest BCUT2D eigenvalue weighted by Crippen LogP contribution is 2.14. The molecular weight excluding hydrogens is 482 g/mol. The third-order valence-corrected chi connectivity index (χ3v) is 5.39. The molecule has 0 unspecified atom stereocenters. The number of pyridine rings is 1. The van der Waals surface area contributed by atoms with E-state index in [0.29, 0.717) is 29.2 Å². The lowest BCUT2D eigenvalue weighted by Gasteiger charge is -2.04. The molecule has 0 saturated heterocycles. The normalized spacial score (nSPS) is 10.8. The maximum atomic E-state index is 12.4. The second kappa shape index (κ2) is 11.5. The van der Waals surface area contributed by atoms with Gasteiger partial charge in [-0.05, 0) is 64.9 Å². The minimum atomic E-state index is -0.493. The lowest BCUT2D eigenvalue weighted by atomic mass is 10.1. The molecule has 0 spiro atoms. The molecule has 0 aliphatic carbocycles. The Kier molecular flexibility index (Phi) is 7.31. The van der Waals surface area contributed by atoms with Crippen molar-refractivity contribution in [2.75, 3.05) is 0 Å². The van der Waals surface area contributed by atoms with Crippen molar-refractivity contribution in [3.63, 3.8) is 0 Å². The highest BCUT2D eigenvalue weighted by molar-refractivity contribution is 5.95. The van der Waals surface area contributed by atoms with Gasteiger partial charge in [-0.3, -0.25) is 9.78 Å². The summed E-state index contributed by atoms with van der Waals surface area (Å²) in [4.78, 5) is 30.0. The van der Waals surface area contributed by atoms with Gasteiger partial charge in [-0.2, -0.15) is 9.90 Å². The standard InChI is InChI=1S/C28H21N7O3/c36-27(32-30-17-20-10-14-25(15-11-20)38-28(37)24-7-4-16-29-18-24)23-12-8-21(9-13-23)19-35-33-26(31-34-35)22-5-2-1-3-6-22/h1-18H,19H2,(H,32,36)/b30-17-. The van der Waals surface area contributed by atoms with Crippen molar-refractivity contribution in [3.05, 3.63) is 126 Å². The number of carbonyl (C=O) groups excluding carboxylic acids is 2. The van der Waals surface area contributed by atoms with Crippen LogP contribution in [-0.4, -0.2) is 43.3 Å². The molecule has 2 aromatic heterocycles. The highest BCUT2D eigenvalue weighted by atomic mass is 16.5. The number of amides is 1. The van der Waals surface area contributed by atoms with Gasteiger partial charge in [-0.1, -0.05) is 42.5 Å². The summed E-state index contributed by atoms with van der Waals surface area (Å²) >= 11 is 0. The molecule has 5 aromatic rings. The molecule has 3 aromatic carbocycles. The van der Waals surface area contributed by atoms with Gasteiger partial charge in [0.2, 0.25) is 5.82 Å². The zero-order chi connectivity index (χ0) is 26.2. The van der Waals surface area contributed by atoms with Gasteiger partial charge >= 0.3 is 5.97 Å². The summed E-state index contributed by atoms with van der Waals surface area (Å²) in [5.74, 6) is 0.102. The molecule has 1 N–H and O–H groups in total. The Hall–Kier alpha value is -5.51. The van der Waals surface area contributed by atoms with Crippen LogP contribution < -0.4 is 10.2 Å². The first-order valence-electron chi connectivity index (χ1n) is 11.6. The minimum Gasteiger partial charge on any atom is -0.423 e. The van der Waals surface area contributed by atoms with E-state index in [-0.39, 0.29) is 5.91 Å². The largest absolute Gasteiger partial charge is 0.423 e. The minimum absolute atomic E-state index is 0.347. The molecule has 0 aliphatic heterocycles. The van der Waals surface area contributed by atoms with E-state index < -0.39 is 5.97 Å². The summed E-state index contributed by atoms with van der Waals surface area (Å²) in [6.45, 7) is 0.424. The van der Waals surface area contributed by atoms with Crippen LogP contribution in [0.2, 0.25) is 0 Å². The summed E-state index contributed by atoms with van der Waals surface area (Å²) in [6.07, 6.45) is 4.52. The molecule has 0 bridgehead atoms. The Morgan fingerprint density at radius 3 is 2.42 bits per heavy atom. The van der Waals surface area contributed by atoms with Gasteiger partial charge in [0.1, 0.15) is 5.75 Å². The molecule has 10 heteroatoms. The van der Waals surface area contributed by atoms with Crippen LogP contribution in [0.25, 0.3) is 11.4 Å². The maximum absolute atomic E-state index is 12.4. The maximum Gasteiger partial charge on any atom is 0.345 e. The smallest absolute Gasteiger partial charge is 0.345 e. The van der Waals surface area contributed by atoms with E-state index in [0.717, 1.165) is 16.7 Å². The second-order valence-electron chi connectivity index (χ2n) is 8.11. The predicted molar refractivity (Wildman–Crippen MR) is 139 cm³/mol. The van der Waals surface area contributed by atoms with Crippen LogP contribution in [-0.2, 0) is 6.54 Å². The quantitative estimate of drug-likeness (QED) is 0.148. The van der Waals surface area contributed by atoms with Crippen molar-refractivity contribution in [1.82, 2.24) is 30.6 Å². The number of carbonyl (C=O) groups is 2. The van der Waals surface area contributed by atoms with Gasteiger partial charge in [0.25, 0.3) is 5.91 Å². The number of aromatic nitrogens is 5. The second-order valence-corrected chi connectivity index (χ2v) is 8.11. The van der Waals surface area contributed by atoms with E-state index in [1.54, 1.807) is 54.7 Å². The molecule has 0 atom stereocenters. The van der Waals surface area contributed by atoms with Crippen LogP contribution in [0.3, 0.4) is 0 Å². The number of esters is 1. The highest BCUT2D eigenvalue weighted by Gasteiger charge is 2.09. The Morgan fingerprint density at radius 1 is 0.895 bits per heavy atom. The average Bonchev–Trinajstić information content (AvgIpc) is 3.44. The molecule has 0 saturated carbocycles. The number of tetrazole rings is 1. The fourth-order valence-corrected chi connectivity index (χ4v) is 3.44. The topological polar surface area (TPSA) is 124 Å². The van der Waals surface area contributed by atoms with Crippen LogP contribution in [0, 0.1) is 0 Å². The van der Waals surface area contributed by atoms with Gasteiger partial charge in [0, 0.05) is 23.5 Å². The zero-order valence-corrected chi connectivity index (χ0v) is 20.0.